The molecule has 3 heteroatoms. The molecule has 0 aromatic carbocycles. The van der Waals surface area contributed by atoms with Gasteiger partial charge in [-0.1, -0.05) is 13.8 Å². The van der Waals surface area contributed by atoms with Crippen molar-refractivity contribution in [2.75, 3.05) is 6.61 Å². The zero-order valence-corrected chi connectivity index (χ0v) is 6.23. The standard InChI is InChI=1S/C7H12F2O/c1-5(2)6-3-7(8,9)4-10-6/h5-6H,3-4H2,1-2H3. The Balaban J connectivity index is 2.43. The van der Waals surface area contributed by atoms with Crippen LogP contribution < -0.4 is 0 Å². The van der Waals surface area contributed by atoms with E-state index >= 15 is 0 Å². The van der Waals surface area contributed by atoms with E-state index in [1.165, 1.54) is 0 Å². The molecule has 10 heavy (non-hydrogen) atoms. The van der Waals surface area contributed by atoms with Gasteiger partial charge in [0.05, 0.1) is 6.10 Å². The minimum atomic E-state index is -2.57. The van der Waals surface area contributed by atoms with Crippen molar-refractivity contribution in [2.24, 2.45) is 5.92 Å². The van der Waals surface area contributed by atoms with Gasteiger partial charge in [0, 0.05) is 6.42 Å². The topological polar surface area (TPSA) is 9.23 Å². The Labute approximate surface area is 59.4 Å². The first-order valence-corrected chi connectivity index (χ1v) is 3.51. The van der Waals surface area contributed by atoms with Gasteiger partial charge in [0.2, 0.25) is 0 Å². The fourth-order valence-electron chi connectivity index (χ4n) is 1.07. The van der Waals surface area contributed by atoms with Crippen molar-refractivity contribution in [1.29, 1.82) is 0 Å². The van der Waals surface area contributed by atoms with Crippen molar-refractivity contribution in [3.05, 3.63) is 0 Å². The third kappa shape index (κ3) is 1.66. The van der Waals surface area contributed by atoms with Crippen LogP contribution in [0.15, 0.2) is 0 Å². The third-order valence-corrected chi connectivity index (χ3v) is 1.75. The van der Waals surface area contributed by atoms with Gasteiger partial charge < -0.3 is 4.74 Å². The number of alkyl halides is 2. The second kappa shape index (κ2) is 2.46. The summed E-state index contributed by atoms with van der Waals surface area (Å²) in [6, 6.07) is 0. The minimum Gasteiger partial charge on any atom is -0.371 e. The van der Waals surface area contributed by atoms with Crippen LogP contribution in [0.4, 0.5) is 8.78 Å². The van der Waals surface area contributed by atoms with Gasteiger partial charge >= 0.3 is 0 Å². The Morgan fingerprint density at radius 3 is 2.30 bits per heavy atom. The van der Waals surface area contributed by atoms with Crippen molar-refractivity contribution in [3.63, 3.8) is 0 Å². The van der Waals surface area contributed by atoms with Crippen molar-refractivity contribution in [1.82, 2.24) is 0 Å². The Bertz CT molecular complexity index is 123. The van der Waals surface area contributed by atoms with E-state index < -0.39 is 12.5 Å². The van der Waals surface area contributed by atoms with Gasteiger partial charge in [0.25, 0.3) is 5.92 Å². The molecule has 1 saturated heterocycles. The fraction of sp³-hybridized carbons (Fsp3) is 1.00. The summed E-state index contributed by atoms with van der Waals surface area (Å²) in [5, 5.41) is 0. The highest BCUT2D eigenvalue weighted by Crippen LogP contribution is 2.32. The monoisotopic (exact) mass is 150 g/mol. The fourth-order valence-corrected chi connectivity index (χ4v) is 1.07. The molecule has 0 spiro atoms. The SMILES string of the molecule is CC(C)C1CC(F)(F)CO1. The maximum absolute atomic E-state index is 12.4. The molecule has 1 nitrogen and oxygen atoms in total. The van der Waals surface area contributed by atoms with E-state index in [4.69, 9.17) is 4.74 Å². The smallest absolute Gasteiger partial charge is 0.273 e. The first kappa shape index (κ1) is 7.92. The Morgan fingerprint density at radius 1 is 1.50 bits per heavy atom. The van der Waals surface area contributed by atoms with E-state index in [0.29, 0.717) is 0 Å². The number of hydrogen-bond donors (Lipinski definition) is 0. The Morgan fingerprint density at radius 2 is 2.10 bits per heavy atom. The summed E-state index contributed by atoms with van der Waals surface area (Å²) in [7, 11) is 0. The number of ether oxygens (including phenoxy) is 1. The summed E-state index contributed by atoms with van der Waals surface area (Å²) in [6.07, 6.45) is -0.347. The van der Waals surface area contributed by atoms with E-state index in [1.54, 1.807) is 0 Å². The molecule has 0 N–H and O–H groups in total. The van der Waals surface area contributed by atoms with Crippen LogP contribution in [0.2, 0.25) is 0 Å². The van der Waals surface area contributed by atoms with E-state index in [9.17, 15) is 8.78 Å². The van der Waals surface area contributed by atoms with Crippen LogP contribution in [0.5, 0.6) is 0 Å². The van der Waals surface area contributed by atoms with Gasteiger partial charge in [-0.15, -0.1) is 0 Å². The van der Waals surface area contributed by atoms with Gasteiger partial charge in [-0.25, -0.2) is 8.78 Å². The maximum atomic E-state index is 12.4. The van der Waals surface area contributed by atoms with Gasteiger partial charge in [-0.05, 0) is 5.92 Å². The number of rotatable bonds is 1. The molecule has 0 amide bonds. The number of hydrogen-bond acceptors (Lipinski definition) is 1. The van der Waals surface area contributed by atoms with Gasteiger partial charge in [-0.3, -0.25) is 0 Å². The lowest BCUT2D eigenvalue weighted by molar-refractivity contribution is -0.0117. The molecular formula is C7H12F2O. The lowest BCUT2D eigenvalue weighted by Gasteiger charge is -2.11. The molecule has 0 aromatic rings. The predicted molar refractivity (Wildman–Crippen MR) is 34.1 cm³/mol. The lowest BCUT2D eigenvalue weighted by Crippen LogP contribution is -2.17. The zero-order chi connectivity index (χ0) is 7.78. The minimum absolute atomic E-state index is 0.106. The maximum Gasteiger partial charge on any atom is 0.273 e. The average Bonchev–Trinajstić information content (AvgIpc) is 2.10. The van der Waals surface area contributed by atoms with Crippen LogP contribution in [-0.4, -0.2) is 18.6 Å². The molecule has 0 aliphatic carbocycles. The summed E-state index contributed by atoms with van der Waals surface area (Å²) < 4.78 is 29.7. The molecule has 0 saturated carbocycles. The highest BCUT2D eigenvalue weighted by molar-refractivity contribution is 4.80. The van der Waals surface area contributed by atoms with Crippen LogP contribution >= 0.6 is 0 Å². The molecule has 1 rings (SSSR count). The normalized spacial score (nSPS) is 31.5. The van der Waals surface area contributed by atoms with Crippen molar-refractivity contribution < 1.29 is 13.5 Å². The second-order valence-corrected chi connectivity index (χ2v) is 3.15. The molecule has 1 atom stereocenters. The molecule has 0 bridgehead atoms. The Hall–Kier alpha value is -0.180. The summed E-state index contributed by atoms with van der Waals surface area (Å²) in [4.78, 5) is 0. The molecule has 1 aliphatic rings. The average molecular weight is 150 g/mol. The summed E-state index contributed by atoms with van der Waals surface area (Å²) in [5.41, 5.74) is 0. The van der Waals surface area contributed by atoms with Crippen LogP contribution in [0.3, 0.4) is 0 Å². The van der Waals surface area contributed by atoms with Crippen LogP contribution in [0.1, 0.15) is 20.3 Å². The first-order valence-electron chi connectivity index (χ1n) is 3.51. The largest absolute Gasteiger partial charge is 0.371 e. The van der Waals surface area contributed by atoms with Crippen LogP contribution in [0, 0.1) is 5.92 Å². The molecule has 1 aliphatic heterocycles. The lowest BCUT2D eigenvalue weighted by atomic mass is 10.0. The van der Waals surface area contributed by atoms with E-state index in [2.05, 4.69) is 0 Å². The van der Waals surface area contributed by atoms with Crippen molar-refractivity contribution in [2.45, 2.75) is 32.3 Å². The quantitative estimate of drug-likeness (QED) is 0.556. The predicted octanol–water partition coefficient (Wildman–Crippen LogP) is 2.07. The van der Waals surface area contributed by atoms with Gasteiger partial charge in [0.1, 0.15) is 6.61 Å². The molecule has 0 aromatic heterocycles. The van der Waals surface area contributed by atoms with E-state index in [1.807, 2.05) is 13.8 Å². The van der Waals surface area contributed by atoms with Gasteiger partial charge in [-0.2, -0.15) is 0 Å². The molecule has 1 fully saturated rings. The molecule has 60 valence electrons. The van der Waals surface area contributed by atoms with Crippen LogP contribution in [-0.2, 0) is 4.74 Å². The van der Waals surface area contributed by atoms with E-state index in [0.717, 1.165) is 0 Å². The molecule has 1 heterocycles. The van der Waals surface area contributed by atoms with Crippen molar-refractivity contribution >= 4 is 0 Å². The zero-order valence-electron chi connectivity index (χ0n) is 6.23. The first-order chi connectivity index (χ1) is 4.51. The summed E-state index contributed by atoms with van der Waals surface area (Å²) >= 11 is 0. The van der Waals surface area contributed by atoms with E-state index in [-0.39, 0.29) is 18.4 Å². The highest BCUT2D eigenvalue weighted by Gasteiger charge is 2.41. The molecule has 1 unspecified atom stereocenters. The van der Waals surface area contributed by atoms with Crippen molar-refractivity contribution in [3.8, 4) is 0 Å². The number of halogens is 2. The third-order valence-electron chi connectivity index (χ3n) is 1.75. The summed E-state index contributed by atoms with van der Waals surface area (Å²) in [5.74, 6) is -2.37. The van der Waals surface area contributed by atoms with Gasteiger partial charge in [0.15, 0.2) is 0 Å². The molecule has 0 radical (unpaired) electrons. The Kier molecular flexibility index (Phi) is 1.95. The van der Waals surface area contributed by atoms with Crippen LogP contribution in [0.25, 0.3) is 0 Å². The highest BCUT2D eigenvalue weighted by atomic mass is 19.3. The summed E-state index contributed by atoms with van der Waals surface area (Å²) in [6.45, 7) is 3.40. The molecular weight excluding hydrogens is 138 g/mol. The second-order valence-electron chi connectivity index (χ2n) is 3.15.